The Kier molecular flexibility index (Phi) is 9.52. The molecule has 5 rings (SSSR count). The quantitative estimate of drug-likeness (QED) is 0.308. The van der Waals surface area contributed by atoms with Crippen LogP contribution in [0.1, 0.15) is 48.3 Å². The molecule has 2 aliphatic heterocycles. The summed E-state index contributed by atoms with van der Waals surface area (Å²) >= 11 is 1.67. The lowest BCUT2D eigenvalue weighted by Crippen LogP contribution is -2.48. The predicted molar refractivity (Wildman–Crippen MR) is 151 cm³/mol. The van der Waals surface area contributed by atoms with E-state index in [0.717, 1.165) is 16.0 Å². The van der Waals surface area contributed by atoms with E-state index in [4.69, 9.17) is 9.47 Å². The van der Waals surface area contributed by atoms with Gasteiger partial charge in [-0.15, -0.1) is 11.8 Å². The van der Waals surface area contributed by atoms with Crippen LogP contribution in [0.25, 0.3) is 0 Å². The molecule has 0 spiro atoms. The second-order valence-corrected chi connectivity index (χ2v) is 11.3. The summed E-state index contributed by atoms with van der Waals surface area (Å²) in [5.41, 5.74) is 2.73. The largest absolute Gasteiger partial charge is 0.471 e. The van der Waals surface area contributed by atoms with Crippen LogP contribution in [-0.4, -0.2) is 52.4 Å². The Labute approximate surface area is 246 Å². The highest BCUT2D eigenvalue weighted by Crippen LogP contribution is 2.40. The zero-order valence-corrected chi connectivity index (χ0v) is 23.4. The number of hydrogen-bond acceptors (Lipinski definition) is 6. The number of likely N-dealkylation sites (tertiary alicyclic amines) is 1. The van der Waals surface area contributed by atoms with Crippen molar-refractivity contribution < 1.29 is 37.3 Å². The van der Waals surface area contributed by atoms with Crippen molar-refractivity contribution in [1.82, 2.24) is 4.90 Å². The highest BCUT2D eigenvalue weighted by molar-refractivity contribution is 7.99. The summed E-state index contributed by atoms with van der Waals surface area (Å²) in [6.45, 7) is -0.182. The van der Waals surface area contributed by atoms with Gasteiger partial charge in [0.25, 0.3) is 0 Å². The number of aliphatic hydroxyl groups is 1. The van der Waals surface area contributed by atoms with E-state index in [0.29, 0.717) is 34.7 Å². The number of ether oxygens (including phenoxy) is 2. The first kappa shape index (κ1) is 30.1. The number of rotatable bonds is 8. The molecule has 0 bridgehead atoms. The summed E-state index contributed by atoms with van der Waals surface area (Å²) in [5, 5.41) is 12.1. The lowest BCUT2D eigenvalue weighted by atomic mass is 10.0. The second kappa shape index (κ2) is 13.3. The zero-order valence-electron chi connectivity index (χ0n) is 22.6. The van der Waals surface area contributed by atoms with Gasteiger partial charge in [-0.25, -0.2) is 0 Å². The van der Waals surface area contributed by atoms with Gasteiger partial charge in [-0.1, -0.05) is 54.6 Å². The van der Waals surface area contributed by atoms with E-state index in [1.807, 2.05) is 54.6 Å². The number of aliphatic hydroxyl groups excluding tert-OH is 1. The number of nitrogens with zero attached hydrogens (tertiary/aromatic N) is 1. The lowest BCUT2D eigenvalue weighted by Gasteiger charge is -2.36. The first-order valence-electron chi connectivity index (χ1n) is 13.7. The van der Waals surface area contributed by atoms with Crippen molar-refractivity contribution in [1.29, 1.82) is 0 Å². The van der Waals surface area contributed by atoms with Gasteiger partial charge in [-0.2, -0.15) is 13.2 Å². The van der Waals surface area contributed by atoms with Crippen LogP contribution in [-0.2, 0) is 25.7 Å². The Balaban J connectivity index is 1.32. The van der Waals surface area contributed by atoms with Crippen molar-refractivity contribution in [2.45, 2.75) is 61.5 Å². The molecule has 42 heavy (non-hydrogen) atoms. The molecule has 222 valence electrons. The molecule has 2 N–H and O–H groups in total. The molecule has 4 atom stereocenters. The number of carbonyl (C=O) groups is 2. The van der Waals surface area contributed by atoms with Crippen LogP contribution in [0.4, 0.5) is 18.9 Å². The lowest BCUT2D eigenvalue weighted by molar-refractivity contribution is -0.245. The van der Waals surface area contributed by atoms with E-state index < -0.39 is 30.3 Å². The molecule has 7 nitrogen and oxygen atoms in total. The second-order valence-electron chi connectivity index (χ2n) is 10.2. The first-order valence-corrected chi connectivity index (χ1v) is 14.7. The number of halogens is 3. The van der Waals surface area contributed by atoms with Crippen molar-refractivity contribution in [2.75, 3.05) is 17.6 Å². The average molecular weight is 601 g/mol. The monoisotopic (exact) mass is 600 g/mol. The van der Waals surface area contributed by atoms with E-state index in [-0.39, 0.29) is 31.8 Å². The third-order valence-electron chi connectivity index (χ3n) is 7.28. The van der Waals surface area contributed by atoms with Crippen LogP contribution in [0.2, 0.25) is 0 Å². The number of nitrogens with one attached hydrogen (secondary N) is 1. The normalized spacial score (nSPS) is 22.6. The molecule has 3 aromatic carbocycles. The molecule has 0 saturated carbocycles. The summed E-state index contributed by atoms with van der Waals surface area (Å²) in [4.78, 5) is 26.5. The predicted octanol–water partition coefficient (Wildman–Crippen LogP) is 6.01. The fraction of sp³-hybridized carbons (Fsp3) is 0.355. The molecule has 11 heteroatoms. The summed E-state index contributed by atoms with van der Waals surface area (Å²) in [6.07, 6.45) is -5.20. The molecule has 4 unspecified atom stereocenters. The Morgan fingerprint density at radius 1 is 0.976 bits per heavy atom. The Morgan fingerprint density at radius 2 is 1.74 bits per heavy atom. The maximum absolute atomic E-state index is 13.0. The van der Waals surface area contributed by atoms with Gasteiger partial charge in [0, 0.05) is 34.9 Å². The third-order valence-corrected chi connectivity index (χ3v) is 8.42. The van der Waals surface area contributed by atoms with Crippen LogP contribution in [0, 0.1) is 0 Å². The maximum Gasteiger partial charge on any atom is 0.471 e. The molecule has 2 amide bonds. The van der Waals surface area contributed by atoms with Gasteiger partial charge in [-0.3, -0.25) is 9.59 Å². The van der Waals surface area contributed by atoms with E-state index in [2.05, 4.69) is 5.32 Å². The first-order chi connectivity index (χ1) is 20.2. The molecular formula is C31H31F3N2O5S. The van der Waals surface area contributed by atoms with Gasteiger partial charge in [0.1, 0.15) is 6.04 Å². The molecule has 3 aromatic rings. The number of benzene rings is 3. The zero-order chi connectivity index (χ0) is 29.7. The number of anilines is 1. The van der Waals surface area contributed by atoms with Crippen molar-refractivity contribution in [2.24, 2.45) is 0 Å². The smallest absolute Gasteiger partial charge is 0.392 e. The van der Waals surface area contributed by atoms with Crippen molar-refractivity contribution in [3.05, 3.63) is 95.6 Å². The Morgan fingerprint density at radius 3 is 2.45 bits per heavy atom. The minimum atomic E-state index is -5.04. The summed E-state index contributed by atoms with van der Waals surface area (Å²) in [6, 6.07) is 23.1. The van der Waals surface area contributed by atoms with Gasteiger partial charge >= 0.3 is 12.1 Å². The molecule has 2 fully saturated rings. The third kappa shape index (κ3) is 7.33. The number of thioether (sulfide) groups is 1. The van der Waals surface area contributed by atoms with Crippen LogP contribution < -0.4 is 5.32 Å². The topological polar surface area (TPSA) is 88.1 Å². The van der Waals surface area contributed by atoms with Crippen molar-refractivity contribution in [3.63, 3.8) is 0 Å². The van der Waals surface area contributed by atoms with Crippen LogP contribution in [0.3, 0.4) is 0 Å². The molecule has 0 aliphatic carbocycles. The number of carbonyl (C=O) groups excluding carboxylic acids is 2. The molecule has 2 aliphatic rings. The Hall–Kier alpha value is -3.38. The molecule has 0 radical (unpaired) electrons. The summed E-state index contributed by atoms with van der Waals surface area (Å²) in [5.74, 6) is -2.00. The van der Waals surface area contributed by atoms with Crippen molar-refractivity contribution >= 4 is 29.3 Å². The van der Waals surface area contributed by atoms with Gasteiger partial charge < -0.3 is 24.8 Å². The minimum absolute atomic E-state index is 0.0601. The maximum atomic E-state index is 13.0. The number of alkyl halides is 3. The number of amides is 2. The van der Waals surface area contributed by atoms with E-state index >= 15 is 0 Å². The van der Waals surface area contributed by atoms with Crippen molar-refractivity contribution in [3.8, 4) is 0 Å². The fourth-order valence-corrected chi connectivity index (χ4v) is 6.11. The molecule has 2 heterocycles. The van der Waals surface area contributed by atoms with E-state index in [1.165, 1.54) is 0 Å². The summed E-state index contributed by atoms with van der Waals surface area (Å²) in [7, 11) is 0. The van der Waals surface area contributed by atoms with Gasteiger partial charge in [0.15, 0.2) is 6.29 Å². The van der Waals surface area contributed by atoms with E-state index in [1.54, 1.807) is 36.0 Å². The molecule has 2 saturated heterocycles. The highest BCUT2D eigenvalue weighted by atomic mass is 32.2. The highest BCUT2D eigenvalue weighted by Gasteiger charge is 2.47. The Bertz CT molecular complexity index is 1370. The minimum Gasteiger partial charge on any atom is -0.392 e. The SMILES string of the molecule is O=C(Nc1cccc(C2OC(CSc3ccccc3)CC(c3ccc(CO)cc3)O2)c1)C1CCCN1C(=O)C(F)(F)F. The fourth-order valence-electron chi connectivity index (χ4n) is 5.16. The number of hydrogen-bond donors (Lipinski definition) is 2. The van der Waals surface area contributed by atoms with Crippen LogP contribution >= 0.6 is 11.8 Å². The van der Waals surface area contributed by atoms with Gasteiger partial charge in [-0.05, 0) is 48.2 Å². The van der Waals surface area contributed by atoms with Crippen LogP contribution in [0.15, 0.2) is 83.8 Å². The van der Waals surface area contributed by atoms with E-state index in [9.17, 15) is 27.9 Å². The summed E-state index contributed by atoms with van der Waals surface area (Å²) < 4.78 is 51.8. The molecule has 0 aromatic heterocycles. The average Bonchev–Trinajstić information content (AvgIpc) is 3.50. The van der Waals surface area contributed by atoms with Gasteiger partial charge in [0.2, 0.25) is 5.91 Å². The van der Waals surface area contributed by atoms with Crippen LogP contribution in [0.5, 0.6) is 0 Å². The molecular weight excluding hydrogens is 569 g/mol. The standard InChI is InChI=1S/C31H31F3N2O5S/c32-31(33,34)30(39)36-15-5-10-26(36)28(38)35-23-7-4-6-22(16-23)29-40-24(19-42-25-8-2-1-3-9-25)17-27(41-29)21-13-11-20(18-37)12-14-21/h1-4,6-9,11-14,16,24,26-27,29,37H,5,10,15,17-19H2,(H,35,38). The van der Waals surface area contributed by atoms with Gasteiger partial charge in [0.05, 0.1) is 18.8 Å².